The maximum atomic E-state index is 12.5. The van der Waals surface area contributed by atoms with Crippen LogP contribution in [0.25, 0.3) is 39.1 Å². The van der Waals surface area contributed by atoms with Gasteiger partial charge in [-0.25, -0.2) is 14.9 Å². The number of fused-ring (bicyclic) bond motifs is 1. The number of rotatable bonds is 7. The van der Waals surface area contributed by atoms with Crippen molar-refractivity contribution in [2.45, 2.75) is 33.1 Å². The van der Waals surface area contributed by atoms with Gasteiger partial charge in [-0.3, -0.25) is 9.36 Å². The van der Waals surface area contributed by atoms with Gasteiger partial charge >= 0.3 is 5.97 Å². The van der Waals surface area contributed by atoms with Gasteiger partial charge in [-0.15, -0.1) is 0 Å². The topological polar surface area (TPSA) is 101 Å². The number of carboxylic acids is 1. The third-order valence-corrected chi connectivity index (χ3v) is 6.43. The first kappa shape index (κ1) is 23.2. The van der Waals surface area contributed by atoms with E-state index in [-0.39, 0.29) is 11.1 Å². The minimum atomic E-state index is -0.967. The fourth-order valence-corrected chi connectivity index (χ4v) is 4.64. The summed E-state index contributed by atoms with van der Waals surface area (Å²) >= 11 is 0. The molecule has 180 valence electrons. The minimum Gasteiger partial charge on any atom is -0.478 e. The van der Waals surface area contributed by atoms with E-state index in [4.69, 9.17) is 4.98 Å². The Morgan fingerprint density at radius 3 is 2.50 bits per heavy atom. The molecule has 5 aromatic rings. The number of H-pyrrole nitrogens is 1. The van der Waals surface area contributed by atoms with Crippen LogP contribution >= 0.6 is 0 Å². The monoisotopic (exact) mass is 478 g/mol. The molecule has 3 aromatic carbocycles. The fraction of sp³-hybridized carbons (Fsp3) is 0.172. The van der Waals surface area contributed by atoms with Gasteiger partial charge in [-0.1, -0.05) is 55.8 Å². The SMILES string of the molecule is CCCCc1nc2ccc(-c3ccc(=O)[nH]n3)cc2n1-c1ccc(-c2ccccc2)c(C(=O)O)c1C. The van der Waals surface area contributed by atoms with E-state index in [1.165, 1.54) is 6.07 Å². The van der Waals surface area contributed by atoms with Crippen LogP contribution in [0.2, 0.25) is 0 Å². The number of hydrogen-bond donors (Lipinski definition) is 2. The molecule has 0 aliphatic heterocycles. The Hall–Kier alpha value is -4.52. The quantitative estimate of drug-likeness (QED) is 0.308. The average molecular weight is 479 g/mol. The van der Waals surface area contributed by atoms with E-state index in [1.807, 2.05) is 67.6 Å². The molecule has 0 aliphatic carbocycles. The first-order valence-electron chi connectivity index (χ1n) is 12.0. The number of benzene rings is 3. The van der Waals surface area contributed by atoms with Gasteiger partial charge in [0.05, 0.1) is 28.0 Å². The number of aryl methyl sites for hydroxylation is 1. The predicted molar refractivity (Wildman–Crippen MR) is 141 cm³/mol. The molecule has 0 bridgehead atoms. The molecule has 0 aliphatic rings. The van der Waals surface area contributed by atoms with Crippen LogP contribution in [-0.2, 0) is 6.42 Å². The summed E-state index contributed by atoms with van der Waals surface area (Å²) in [4.78, 5) is 28.9. The molecule has 36 heavy (non-hydrogen) atoms. The normalized spacial score (nSPS) is 11.2. The van der Waals surface area contributed by atoms with Crippen molar-refractivity contribution in [3.8, 4) is 28.1 Å². The zero-order valence-corrected chi connectivity index (χ0v) is 20.2. The van der Waals surface area contributed by atoms with Crippen molar-refractivity contribution in [3.05, 3.63) is 100 Å². The van der Waals surface area contributed by atoms with Crippen molar-refractivity contribution in [1.29, 1.82) is 0 Å². The molecule has 5 rings (SSSR count). The fourth-order valence-electron chi connectivity index (χ4n) is 4.64. The molecular weight excluding hydrogens is 452 g/mol. The van der Waals surface area contributed by atoms with Crippen LogP contribution < -0.4 is 5.56 Å². The summed E-state index contributed by atoms with van der Waals surface area (Å²) in [7, 11) is 0. The summed E-state index contributed by atoms with van der Waals surface area (Å²) in [6, 6.07) is 22.4. The Morgan fingerprint density at radius 1 is 1.00 bits per heavy atom. The van der Waals surface area contributed by atoms with Crippen molar-refractivity contribution < 1.29 is 9.90 Å². The number of carboxylic acid groups (broad SMARTS) is 1. The van der Waals surface area contributed by atoms with Crippen molar-refractivity contribution in [2.75, 3.05) is 0 Å². The van der Waals surface area contributed by atoms with Gasteiger partial charge in [0, 0.05) is 18.1 Å². The molecule has 0 atom stereocenters. The van der Waals surface area contributed by atoms with E-state index in [2.05, 4.69) is 21.7 Å². The summed E-state index contributed by atoms with van der Waals surface area (Å²) in [5, 5.41) is 16.9. The third kappa shape index (κ3) is 4.20. The molecule has 0 spiro atoms. The number of aromatic carboxylic acids is 1. The summed E-state index contributed by atoms with van der Waals surface area (Å²) in [5.74, 6) is -0.0869. The first-order valence-corrected chi connectivity index (χ1v) is 12.0. The maximum Gasteiger partial charge on any atom is 0.336 e. The molecule has 2 aromatic heterocycles. The number of nitrogens with zero attached hydrogens (tertiary/aromatic N) is 3. The number of nitrogens with one attached hydrogen (secondary N) is 1. The van der Waals surface area contributed by atoms with E-state index in [0.717, 1.165) is 52.9 Å². The van der Waals surface area contributed by atoms with E-state index in [9.17, 15) is 14.7 Å². The van der Waals surface area contributed by atoms with Crippen LogP contribution in [0, 0.1) is 6.92 Å². The second kappa shape index (κ2) is 9.62. The number of carbonyl (C=O) groups is 1. The largest absolute Gasteiger partial charge is 0.478 e. The zero-order chi connectivity index (χ0) is 25.2. The highest BCUT2D eigenvalue weighted by Gasteiger charge is 2.21. The Kier molecular flexibility index (Phi) is 6.21. The van der Waals surface area contributed by atoms with Crippen LogP contribution in [0.4, 0.5) is 0 Å². The standard InChI is InChI=1S/C29H26N4O3/c1-3-4-10-26-30-23-13-11-20(22-14-16-27(34)32-31-22)17-25(23)33(26)24-15-12-21(19-8-6-5-7-9-19)28(18(24)2)29(35)36/h5-9,11-17H,3-4,10H2,1-2H3,(H,32,34)(H,35,36). The molecular formula is C29H26N4O3. The zero-order valence-electron chi connectivity index (χ0n) is 20.2. The van der Waals surface area contributed by atoms with Crippen LogP contribution in [-0.4, -0.2) is 30.8 Å². The van der Waals surface area contributed by atoms with Gasteiger partial charge in [-0.2, -0.15) is 5.10 Å². The summed E-state index contributed by atoms with van der Waals surface area (Å²) < 4.78 is 2.07. The molecule has 0 amide bonds. The molecule has 0 fully saturated rings. The highest BCUT2D eigenvalue weighted by Crippen LogP contribution is 2.33. The Labute approximate surface area is 208 Å². The van der Waals surface area contributed by atoms with Crippen LogP contribution in [0.1, 0.15) is 41.5 Å². The van der Waals surface area contributed by atoms with Crippen molar-refractivity contribution in [3.63, 3.8) is 0 Å². The third-order valence-electron chi connectivity index (χ3n) is 6.43. The predicted octanol–water partition coefficient (Wildman–Crippen LogP) is 5.79. The number of aromatic nitrogens is 4. The van der Waals surface area contributed by atoms with Gasteiger partial charge in [0.25, 0.3) is 5.56 Å². The molecule has 0 unspecified atom stereocenters. The summed E-state index contributed by atoms with van der Waals surface area (Å²) in [6.07, 6.45) is 2.74. The van der Waals surface area contributed by atoms with Crippen LogP contribution in [0.5, 0.6) is 0 Å². The second-order valence-corrected chi connectivity index (χ2v) is 8.78. The maximum absolute atomic E-state index is 12.5. The lowest BCUT2D eigenvalue weighted by molar-refractivity contribution is 0.0697. The molecule has 7 heteroatoms. The van der Waals surface area contributed by atoms with Gasteiger partial charge in [-0.05, 0) is 54.3 Å². The molecule has 0 saturated heterocycles. The van der Waals surface area contributed by atoms with Gasteiger partial charge in [0.2, 0.25) is 0 Å². The van der Waals surface area contributed by atoms with Crippen molar-refractivity contribution in [2.24, 2.45) is 0 Å². The van der Waals surface area contributed by atoms with E-state index >= 15 is 0 Å². The average Bonchev–Trinajstić information content (AvgIpc) is 3.25. The molecule has 2 N–H and O–H groups in total. The van der Waals surface area contributed by atoms with Crippen LogP contribution in [0.3, 0.4) is 0 Å². The van der Waals surface area contributed by atoms with Gasteiger partial charge < -0.3 is 5.11 Å². The lowest BCUT2D eigenvalue weighted by Crippen LogP contribution is -2.09. The van der Waals surface area contributed by atoms with Crippen molar-refractivity contribution >= 4 is 17.0 Å². The second-order valence-electron chi connectivity index (χ2n) is 8.78. The van der Waals surface area contributed by atoms with E-state index in [0.29, 0.717) is 16.8 Å². The Morgan fingerprint density at radius 2 is 1.81 bits per heavy atom. The Bertz CT molecular complexity index is 1610. The molecule has 7 nitrogen and oxygen atoms in total. The lowest BCUT2D eigenvalue weighted by atomic mass is 9.94. The first-order chi connectivity index (χ1) is 17.5. The van der Waals surface area contributed by atoms with Crippen LogP contribution in [0.15, 0.2) is 77.6 Å². The lowest BCUT2D eigenvalue weighted by Gasteiger charge is -2.17. The number of hydrogen-bond acceptors (Lipinski definition) is 4. The Balaban J connectivity index is 1.75. The highest BCUT2D eigenvalue weighted by molar-refractivity contribution is 5.99. The number of aromatic amines is 1. The number of unbranched alkanes of at least 4 members (excludes halogenated alkanes) is 1. The van der Waals surface area contributed by atoms with E-state index in [1.54, 1.807) is 6.07 Å². The summed E-state index contributed by atoms with van der Waals surface area (Å²) in [6.45, 7) is 3.99. The molecule has 0 radical (unpaired) electrons. The number of imidazole rings is 1. The highest BCUT2D eigenvalue weighted by atomic mass is 16.4. The minimum absolute atomic E-state index is 0.262. The molecule has 2 heterocycles. The van der Waals surface area contributed by atoms with Crippen molar-refractivity contribution in [1.82, 2.24) is 19.7 Å². The van der Waals surface area contributed by atoms with Gasteiger partial charge in [0.15, 0.2) is 0 Å². The smallest absolute Gasteiger partial charge is 0.336 e. The summed E-state index contributed by atoms with van der Waals surface area (Å²) in [5.41, 5.74) is 6.17. The van der Waals surface area contributed by atoms with E-state index < -0.39 is 5.97 Å². The van der Waals surface area contributed by atoms with Gasteiger partial charge in [0.1, 0.15) is 5.82 Å². The molecule has 0 saturated carbocycles.